The Morgan fingerprint density at radius 1 is 1.29 bits per heavy atom. The highest BCUT2D eigenvalue weighted by molar-refractivity contribution is 5.52. The lowest BCUT2D eigenvalue weighted by molar-refractivity contribution is 0.0987. The summed E-state index contributed by atoms with van der Waals surface area (Å²) in [5.41, 5.74) is 4.35. The van der Waals surface area contributed by atoms with Gasteiger partial charge in [-0.25, -0.2) is 0 Å². The molecule has 0 unspecified atom stereocenters. The molecule has 0 aromatic heterocycles. The Morgan fingerprint density at radius 2 is 2.05 bits per heavy atom. The molecule has 3 nitrogen and oxygen atoms in total. The highest BCUT2D eigenvalue weighted by Gasteiger charge is 2.24. The molecule has 0 saturated carbocycles. The zero-order valence-corrected chi connectivity index (χ0v) is 14.2. The molecule has 1 aromatic rings. The van der Waals surface area contributed by atoms with E-state index in [1.165, 1.54) is 16.8 Å². The third kappa shape index (κ3) is 3.78. The van der Waals surface area contributed by atoms with E-state index in [2.05, 4.69) is 55.8 Å². The van der Waals surface area contributed by atoms with Crippen molar-refractivity contribution in [1.29, 1.82) is 0 Å². The summed E-state index contributed by atoms with van der Waals surface area (Å²) in [6.07, 6.45) is 1.11. The lowest BCUT2D eigenvalue weighted by atomic mass is 9.95. The Hall–Kier alpha value is -1.06. The minimum Gasteiger partial charge on any atom is -0.383 e. The van der Waals surface area contributed by atoms with Crippen molar-refractivity contribution in [3.63, 3.8) is 0 Å². The summed E-state index contributed by atoms with van der Waals surface area (Å²) in [7, 11) is 3.99. The molecule has 0 amide bonds. The van der Waals surface area contributed by atoms with Crippen LogP contribution in [0.1, 0.15) is 37.8 Å². The Kier molecular flexibility index (Phi) is 5.65. The van der Waals surface area contributed by atoms with Crippen molar-refractivity contribution in [2.45, 2.75) is 39.2 Å². The predicted molar refractivity (Wildman–Crippen MR) is 90.4 cm³/mol. The Labute approximate surface area is 129 Å². The average molecular weight is 290 g/mol. The van der Waals surface area contributed by atoms with Gasteiger partial charge in [0.1, 0.15) is 0 Å². The maximum atomic E-state index is 5.36. The van der Waals surface area contributed by atoms with Crippen molar-refractivity contribution >= 4 is 5.69 Å². The lowest BCUT2D eigenvalue weighted by Crippen LogP contribution is -2.53. The zero-order valence-electron chi connectivity index (χ0n) is 14.2. The molecule has 118 valence electrons. The maximum absolute atomic E-state index is 5.36. The van der Waals surface area contributed by atoms with Gasteiger partial charge in [-0.3, -0.25) is 4.90 Å². The monoisotopic (exact) mass is 290 g/mol. The maximum Gasteiger partial charge on any atom is 0.0635 e. The average Bonchev–Trinajstić information content (AvgIpc) is 2.49. The van der Waals surface area contributed by atoms with E-state index in [1.54, 1.807) is 7.11 Å². The molecule has 0 N–H and O–H groups in total. The summed E-state index contributed by atoms with van der Waals surface area (Å²) in [5.74, 6) is 0.600. The summed E-state index contributed by atoms with van der Waals surface area (Å²) in [6, 6.07) is 7.50. The van der Waals surface area contributed by atoms with E-state index < -0.39 is 0 Å². The van der Waals surface area contributed by atoms with E-state index >= 15 is 0 Å². The minimum atomic E-state index is 0.485. The van der Waals surface area contributed by atoms with Crippen molar-refractivity contribution in [3.05, 3.63) is 29.3 Å². The first kappa shape index (κ1) is 16.3. The highest BCUT2D eigenvalue weighted by Crippen LogP contribution is 2.27. The van der Waals surface area contributed by atoms with Crippen molar-refractivity contribution in [2.75, 3.05) is 45.3 Å². The van der Waals surface area contributed by atoms with Gasteiger partial charge in [0.25, 0.3) is 0 Å². The molecule has 2 rings (SSSR count). The molecule has 21 heavy (non-hydrogen) atoms. The van der Waals surface area contributed by atoms with Crippen LogP contribution in [0.25, 0.3) is 0 Å². The quantitative estimate of drug-likeness (QED) is 0.828. The van der Waals surface area contributed by atoms with Crippen LogP contribution in [-0.2, 0) is 11.2 Å². The SMILES string of the molecule is CCc1cc(N2CCN(C)[C@@H](COC)C2)ccc1C(C)C. The molecule has 0 aliphatic carbocycles. The second kappa shape index (κ2) is 7.28. The van der Waals surface area contributed by atoms with E-state index in [1.807, 2.05) is 0 Å². The molecule has 3 heteroatoms. The summed E-state index contributed by atoms with van der Waals surface area (Å²) >= 11 is 0. The molecule has 0 bridgehead atoms. The van der Waals surface area contributed by atoms with Crippen molar-refractivity contribution in [2.24, 2.45) is 0 Å². The number of nitrogens with zero attached hydrogens (tertiary/aromatic N) is 2. The number of piperazine rings is 1. The van der Waals surface area contributed by atoms with Crippen molar-refractivity contribution < 1.29 is 4.74 Å². The van der Waals surface area contributed by atoms with E-state index in [-0.39, 0.29) is 0 Å². The Morgan fingerprint density at radius 3 is 2.67 bits per heavy atom. The normalized spacial score (nSPS) is 20.3. The second-order valence-electron chi connectivity index (χ2n) is 6.43. The van der Waals surface area contributed by atoms with Gasteiger partial charge in [-0.2, -0.15) is 0 Å². The molecule has 1 saturated heterocycles. The highest BCUT2D eigenvalue weighted by atomic mass is 16.5. The van der Waals surface area contributed by atoms with E-state index in [4.69, 9.17) is 4.74 Å². The van der Waals surface area contributed by atoms with E-state index in [0.717, 1.165) is 32.7 Å². The number of hydrogen-bond donors (Lipinski definition) is 0. The van der Waals surface area contributed by atoms with Crippen LogP contribution in [0.3, 0.4) is 0 Å². The Bertz CT molecular complexity index is 459. The number of rotatable bonds is 5. The summed E-state index contributed by atoms with van der Waals surface area (Å²) in [6.45, 7) is 10.9. The number of ether oxygens (including phenoxy) is 1. The molecule has 1 fully saturated rings. The molecule has 0 spiro atoms. The molecule has 0 radical (unpaired) electrons. The van der Waals surface area contributed by atoms with Crippen LogP contribution in [0.5, 0.6) is 0 Å². The number of benzene rings is 1. The number of anilines is 1. The number of hydrogen-bond acceptors (Lipinski definition) is 3. The molecule has 1 aliphatic heterocycles. The smallest absolute Gasteiger partial charge is 0.0635 e. The van der Waals surface area contributed by atoms with Crippen LogP contribution in [0.4, 0.5) is 5.69 Å². The molecule has 1 aromatic carbocycles. The van der Waals surface area contributed by atoms with Crippen LogP contribution >= 0.6 is 0 Å². The predicted octanol–water partition coefficient (Wildman–Crippen LogP) is 3.14. The van der Waals surface area contributed by atoms with Crippen molar-refractivity contribution in [1.82, 2.24) is 4.90 Å². The van der Waals surface area contributed by atoms with Gasteiger partial charge in [-0.05, 0) is 42.6 Å². The largest absolute Gasteiger partial charge is 0.383 e. The third-order valence-corrected chi connectivity index (χ3v) is 4.63. The molecular weight excluding hydrogens is 260 g/mol. The molecule has 1 aliphatic rings. The van der Waals surface area contributed by atoms with Crippen LogP contribution in [0.15, 0.2) is 18.2 Å². The summed E-state index contributed by atoms with van der Waals surface area (Å²) in [4.78, 5) is 4.91. The van der Waals surface area contributed by atoms with Crippen LogP contribution in [-0.4, -0.2) is 51.3 Å². The molecular formula is C18H30N2O. The minimum absolute atomic E-state index is 0.485. The first-order valence-electron chi connectivity index (χ1n) is 8.13. The standard InChI is InChI=1S/C18H30N2O/c1-6-15-11-16(7-8-18(15)14(2)3)20-10-9-19(4)17(12-20)13-21-5/h7-8,11,14,17H,6,9-10,12-13H2,1-5H3/t17-/m1/s1. The molecule has 1 atom stereocenters. The topological polar surface area (TPSA) is 15.7 Å². The van der Waals surface area contributed by atoms with Crippen LogP contribution < -0.4 is 4.90 Å². The van der Waals surface area contributed by atoms with Gasteiger partial charge in [-0.1, -0.05) is 26.8 Å². The van der Waals surface area contributed by atoms with Gasteiger partial charge in [0.15, 0.2) is 0 Å². The fraction of sp³-hybridized carbons (Fsp3) is 0.667. The first-order chi connectivity index (χ1) is 10.1. The summed E-state index contributed by atoms with van der Waals surface area (Å²) in [5, 5.41) is 0. The number of methoxy groups -OCH3 is 1. The van der Waals surface area contributed by atoms with Crippen LogP contribution in [0.2, 0.25) is 0 Å². The van der Waals surface area contributed by atoms with E-state index in [9.17, 15) is 0 Å². The van der Waals surface area contributed by atoms with E-state index in [0.29, 0.717) is 12.0 Å². The summed E-state index contributed by atoms with van der Waals surface area (Å²) < 4.78 is 5.36. The first-order valence-corrected chi connectivity index (χ1v) is 8.13. The van der Waals surface area contributed by atoms with Gasteiger partial charge in [0.2, 0.25) is 0 Å². The zero-order chi connectivity index (χ0) is 15.4. The van der Waals surface area contributed by atoms with Crippen LogP contribution in [0, 0.1) is 0 Å². The number of aryl methyl sites for hydroxylation is 1. The van der Waals surface area contributed by atoms with Crippen molar-refractivity contribution in [3.8, 4) is 0 Å². The van der Waals surface area contributed by atoms with Gasteiger partial charge in [-0.15, -0.1) is 0 Å². The lowest BCUT2D eigenvalue weighted by Gasteiger charge is -2.40. The fourth-order valence-corrected chi connectivity index (χ4v) is 3.21. The van der Waals surface area contributed by atoms with Gasteiger partial charge >= 0.3 is 0 Å². The van der Waals surface area contributed by atoms with Gasteiger partial charge < -0.3 is 9.64 Å². The van der Waals surface area contributed by atoms with Gasteiger partial charge in [0, 0.05) is 32.4 Å². The molecule has 1 heterocycles. The van der Waals surface area contributed by atoms with Gasteiger partial charge in [0.05, 0.1) is 12.6 Å². The Balaban J connectivity index is 2.18. The number of likely N-dealkylation sites (N-methyl/N-ethyl adjacent to an activating group) is 1. The second-order valence-corrected chi connectivity index (χ2v) is 6.43. The fourth-order valence-electron chi connectivity index (χ4n) is 3.21. The third-order valence-electron chi connectivity index (χ3n) is 4.63.